The van der Waals surface area contributed by atoms with Gasteiger partial charge in [-0.25, -0.2) is 8.42 Å². The van der Waals surface area contributed by atoms with Gasteiger partial charge in [-0.05, 0) is 49.4 Å². The number of likely N-dealkylation sites (tertiary alicyclic amines) is 1. The minimum atomic E-state index is -3.60. The first kappa shape index (κ1) is 19.6. The molecule has 140 valence electrons. The number of sulfonamides is 1. The Morgan fingerprint density at radius 2 is 1.84 bits per heavy atom. The summed E-state index contributed by atoms with van der Waals surface area (Å²) in [6.07, 6.45) is 3.49. The number of carbonyl (C=O) groups is 1. The number of nitrogens with zero attached hydrogens (tertiary/aromatic N) is 2. The number of hydrogen-bond acceptors (Lipinski definition) is 4. The second kappa shape index (κ2) is 8.08. The number of hydrogen-bond donors (Lipinski definition) is 0. The van der Waals surface area contributed by atoms with Crippen molar-refractivity contribution in [3.8, 4) is 5.75 Å². The van der Waals surface area contributed by atoms with Gasteiger partial charge in [0.25, 0.3) is 0 Å². The van der Waals surface area contributed by atoms with Crippen LogP contribution in [0.3, 0.4) is 0 Å². The summed E-state index contributed by atoms with van der Waals surface area (Å²) >= 11 is 0. The number of piperidine rings is 1. The highest BCUT2D eigenvalue weighted by atomic mass is 32.2. The summed E-state index contributed by atoms with van der Waals surface area (Å²) in [5, 5.41) is 0. The molecule has 0 spiro atoms. The molecule has 6 nitrogen and oxygen atoms in total. The minimum Gasteiger partial charge on any atom is -0.497 e. The molecule has 1 amide bonds. The fourth-order valence-electron chi connectivity index (χ4n) is 3.21. The number of benzene rings is 1. The Morgan fingerprint density at radius 3 is 2.28 bits per heavy atom. The van der Waals surface area contributed by atoms with E-state index in [1.165, 1.54) is 4.31 Å². The second-order valence-corrected chi connectivity index (χ2v) is 8.55. The lowest BCUT2D eigenvalue weighted by Crippen LogP contribution is -2.52. The van der Waals surface area contributed by atoms with Crippen molar-refractivity contribution in [2.45, 2.75) is 39.2 Å². The molecule has 0 unspecified atom stereocenters. The first-order valence-electron chi connectivity index (χ1n) is 8.70. The van der Waals surface area contributed by atoms with E-state index in [1.807, 2.05) is 6.92 Å². The molecule has 7 heteroatoms. The third kappa shape index (κ3) is 4.66. The first-order chi connectivity index (χ1) is 11.8. The maximum Gasteiger partial charge on any atom is 0.246 e. The van der Waals surface area contributed by atoms with E-state index in [-0.39, 0.29) is 5.91 Å². The first-order valence-corrected chi connectivity index (χ1v) is 10.5. The molecule has 1 heterocycles. The molecule has 0 saturated carbocycles. The lowest BCUT2D eigenvalue weighted by Gasteiger charge is -2.37. The fraction of sp³-hybridized carbons (Fsp3) is 0.611. The van der Waals surface area contributed by atoms with Crippen LogP contribution in [0, 0.1) is 5.92 Å². The van der Waals surface area contributed by atoms with Gasteiger partial charge < -0.3 is 9.64 Å². The summed E-state index contributed by atoms with van der Waals surface area (Å²) in [6.45, 7) is 5.41. The van der Waals surface area contributed by atoms with Crippen molar-refractivity contribution in [3.63, 3.8) is 0 Å². The molecule has 0 bridgehead atoms. The van der Waals surface area contributed by atoms with Crippen LogP contribution in [-0.2, 0) is 14.8 Å². The Kier molecular flexibility index (Phi) is 6.32. The van der Waals surface area contributed by atoms with Crippen LogP contribution in [0.15, 0.2) is 24.3 Å². The van der Waals surface area contributed by atoms with Gasteiger partial charge in [-0.2, -0.15) is 0 Å². The highest BCUT2D eigenvalue weighted by Crippen LogP contribution is 2.27. The summed E-state index contributed by atoms with van der Waals surface area (Å²) in [6, 6.07) is 6.03. The SMILES string of the molecule is CC[C@H](C(=O)N1CCC(C)CC1)N(c1ccc(OC)cc1)S(C)(=O)=O. The van der Waals surface area contributed by atoms with Gasteiger partial charge in [-0.1, -0.05) is 13.8 Å². The van der Waals surface area contributed by atoms with Crippen molar-refractivity contribution in [2.75, 3.05) is 30.8 Å². The van der Waals surface area contributed by atoms with E-state index in [1.54, 1.807) is 36.3 Å². The van der Waals surface area contributed by atoms with Gasteiger partial charge in [0.2, 0.25) is 15.9 Å². The average molecular weight is 368 g/mol. The van der Waals surface area contributed by atoms with Gasteiger partial charge in [-0.3, -0.25) is 9.10 Å². The zero-order valence-corrected chi connectivity index (χ0v) is 16.3. The zero-order valence-electron chi connectivity index (χ0n) is 15.4. The van der Waals surface area contributed by atoms with Gasteiger partial charge in [0, 0.05) is 13.1 Å². The molecule has 2 rings (SSSR count). The van der Waals surface area contributed by atoms with Crippen LogP contribution in [-0.4, -0.2) is 51.7 Å². The number of methoxy groups -OCH3 is 1. The lowest BCUT2D eigenvalue weighted by atomic mass is 9.98. The van der Waals surface area contributed by atoms with Crippen molar-refractivity contribution in [1.82, 2.24) is 4.90 Å². The van der Waals surface area contributed by atoms with E-state index in [2.05, 4.69) is 6.92 Å². The number of carbonyl (C=O) groups excluding carboxylic acids is 1. The van der Waals surface area contributed by atoms with Crippen LogP contribution in [0.25, 0.3) is 0 Å². The Balaban J connectivity index is 2.32. The molecule has 1 aliphatic heterocycles. The van der Waals surface area contributed by atoms with Crippen LogP contribution in [0.4, 0.5) is 5.69 Å². The van der Waals surface area contributed by atoms with Crippen molar-refractivity contribution in [2.24, 2.45) is 5.92 Å². The van der Waals surface area contributed by atoms with Gasteiger partial charge in [0.1, 0.15) is 11.8 Å². The van der Waals surface area contributed by atoms with E-state index in [9.17, 15) is 13.2 Å². The van der Waals surface area contributed by atoms with E-state index in [0.717, 1.165) is 19.1 Å². The van der Waals surface area contributed by atoms with Crippen molar-refractivity contribution in [1.29, 1.82) is 0 Å². The number of anilines is 1. The molecule has 25 heavy (non-hydrogen) atoms. The summed E-state index contributed by atoms with van der Waals surface area (Å²) < 4.78 is 31.3. The molecule has 1 aromatic rings. The normalized spacial score (nSPS) is 17.2. The molecular formula is C18H28N2O4S. The summed E-state index contributed by atoms with van der Waals surface area (Å²) in [7, 11) is -2.04. The zero-order chi connectivity index (χ0) is 18.6. The van der Waals surface area contributed by atoms with Crippen molar-refractivity contribution >= 4 is 21.6 Å². The largest absolute Gasteiger partial charge is 0.497 e. The van der Waals surface area contributed by atoms with Gasteiger partial charge in [0.05, 0.1) is 19.1 Å². The molecule has 1 aromatic carbocycles. The van der Waals surface area contributed by atoms with Gasteiger partial charge in [0.15, 0.2) is 0 Å². The lowest BCUT2D eigenvalue weighted by molar-refractivity contribution is -0.133. The van der Waals surface area contributed by atoms with E-state index in [4.69, 9.17) is 4.74 Å². The molecule has 0 aliphatic carbocycles. The Labute approximate surface area is 150 Å². The highest BCUT2D eigenvalue weighted by Gasteiger charge is 2.35. The Hall–Kier alpha value is -1.76. The number of amides is 1. The van der Waals surface area contributed by atoms with Crippen LogP contribution in [0.2, 0.25) is 0 Å². The molecule has 1 aliphatic rings. The van der Waals surface area contributed by atoms with E-state index in [0.29, 0.717) is 36.9 Å². The maximum atomic E-state index is 13.0. The minimum absolute atomic E-state index is 0.115. The Bertz CT molecular complexity index is 680. The van der Waals surface area contributed by atoms with Crippen LogP contribution in [0.1, 0.15) is 33.1 Å². The molecule has 1 saturated heterocycles. The third-order valence-electron chi connectivity index (χ3n) is 4.73. The second-order valence-electron chi connectivity index (χ2n) is 6.69. The predicted molar refractivity (Wildman–Crippen MR) is 99.4 cm³/mol. The summed E-state index contributed by atoms with van der Waals surface area (Å²) in [5.41, 5.74) is 0.480. The molecule has 1 fully saturated rings. The summed E-state index contributed by atoms with van der Waals surface area (Å²) in [5.74, 6) is 1.13. The molecule has 0 aromatic heterocycles. The Morgan fingerprint density at radius 1 is 1.28 bits per heavy atom. The van der Waals surface area contributed by atoms with Crippen molar-refractivity contribution < 1.29 is 17.9 Å². The van der Waals surface area contributed by atoms with E-state index >= 15 is 0 Å². The smallest absolute Gasteiger partial charge is 0.246 e. The number of ether oxygens (including phenoxy) is 1. The summed E-state index contributed by atoms with van der Waals surface area (Å²) in [4.78, 5) is 14.8. The van der Waals surface area contributed by atoms with Crippen molar-refractivity contribution in [3.05, 3.63) is 24.3 Å². The maximum absolute atomic E-state index is 13.0. The molecule has 0 radical (unpaired) electrons. The molecule has 0 N–H and O–H groups in total. The van der Waals surface area contributed by atoms with Gasteiger partial charge in [-0.15, -0.1) is 0 Å². The number of rotatable bonds is 6. The van der Waals surface area contributed by atoms with E-state index < -0.39 is 16.1 Å². The van der Waals surface area contributed by atoms with Crippen LogP contribution in [0.5, 0.6) is 5.75 Å². The standard InChI is InChI=1S/C18H28N2O4S/c1-5-17(18(21)19-12-10-14(2)11-13-19)20(25(4,22)23)15-6-8-16(24-3)9-7-15/h6-9,14,17H,5,10-13H2,1-4H3/t17-/m1/s1. The third-order valence-corrected chi connectivity index (χ3v) is 5.91. The quantitative estimate of drug-likeness (QED) is 0.774. The monoisotopic (exact) mass is 368 g/mol. The fourth-order valence-corrected chi connectivity index (χ4v) is 4.42. The molecule has 1 atom stereocenters. The topological polar surface area (TPSA) is 66.9 Å². The average Bonchev–Trinajstić information content (AvgIpc) is 2.58. The van der Waals surface area contributed by atoms with Crippen LogP contribution >= 0.6 is 0 Å². The highest BCUT2D eigenvalue weighted by molar-refractivity contribution is 7.92. The van der Waals surface area contributed by atoms with Gasteiger partial charge >= 0.3 is 0 Å². The van der Waals surface area contributed by atoms with Crippen LogP contribution < -0.4 is 9.04 Å². The molecular weight excluding hydrogens is 340 g/mol. The predicted octanol–water partition coefficient (Wildman–Crippen LogP) is 2.50.